The Labute approximate surface area is 142 Å². The lowest BCUT2D eigenvalue weighted by Gasteiger charge is -2.05. The second-order valence-electron chi connectivity index (χ2n) is 4.64. The summed E-state index contributed by atoms with van der Waals surface area (Å²) in [6.45, 7) is 2.48. The van der Waals surface area contributed by atoms with Crippen LogP contribution in [0.2, 0.25) is 5.02 Å². The maximum absolute atomic E-state index is 12.1. The van der Waals surface area contributed by atoms with Crippen molar-refractivity contribution in [2.75, 3.05) is 17.2 Å². The van der Waals surface area contributed by atoms with Crippen LogP contribution in [-0.4, -0.2) is 17.6 Å². The first-order valence-corrected chi connectivity index (χ1v) is 8.21. The molecule has 7 heteroatoms. The lowest BCUT2D eigenvalue weighted by atomic mass is 10.3. The van der Waals surface area contributed by atoms with Crippen LogP contribution >= 0.6 is 22.9 Å². The van der Waals surface area contributed by atoms with E-state index in [2.05, 4.69) is 15.6 Å². The van der Waals surface area contributed by atoms with Crippen molar-refractivity contribution in [3.63, 3.8) is 0 Å². The molecule has 23 heavy (non-hydrogen) atoms. The van der Waals surface area contributed by atoms with Gasteiger partial charge in [-0.2, -0.15) is 0 Å². The smallest absolute Gasteiger partial charge is 0.325 e. The van der Waals surface area contributed by atoms with Gasteiger partial charge in [0.15, 0.2) is 5.13 Å². The summed E-state index contributed by atoms with van der Waals surface area (Å²) in [4.78, 5) is 16.5. The molecule has 0 saturated carbocycles. The van der Waals surface area contributed by atoms with Gasteiger partial charge >= 0.3 is 6.03 Å². The minimum absolute atomic E-state index is 0.371. The molecule has 5 nitrogen and oxygen atoms in total. The van der Waals surface area contributed by atoms with E-state index >= 15 is 0 Å². The third-order valence-corrected chi connectivity index (χ3v) is 4.16. The van der Waals surface area contributed by atoms with E-state index in [4.69, 9.17) is 16.3 Å². The second-order valence-corrected chi connectivity index (χ2v) is 6.11. The second kappa shape index (κ2) is 6.85. The van der Waals surface area contributed by atoms with Gasteiger partial charge in [0.25, 0.3) is 0 Å². The van der Waals surface area contributed by atoms with Gasteiger partial charge in [-0.05, 0) is 37.3 Å². The van der Waals surface area contributed by atoms with Crippen molar-refractivity contribution >= 4 is 50.0 Å². The molecule has 3 aromatic rings. The van der Waals surface area contributed by atoms with Crippen LogP contribution in [0.4, 0.5) is 15.6 Å². The number of para-hydroxylation sites is 1. The fraction of sp³-hybridized carbons (Fsp3) is 0.125. The standard InChI is InChI=1S/C16H14ClN3O2S/c1-2-22-12-7-4-8-13-14(12)19-16(23-13)20-15(21)18-11-6-3-5-10(17)9-11/h3-9H,2H2,1H3,(H2,18,19,20,21). The number of carbonyl (C=O) groups excluding carboxylic acids is 1. The molecule has 0 aliphatic carbocycles. The van der Waals surface area contributed by atoms with Crippen molar-refractivity contribution in [2.45, 2.75) is 6.92 Å². The number of nitrogens with one attached hydrogen (secondary N) is 2. The van der Waals surface area contributed by atoms with Crippen LogP contribution in [0.3, 0.4) is 0 Å². The number of hydrogen-bond donors (Lipinski definition) is 2. The Kier molecular flexibility index (Phi) is 4.64. The molecule has 0 radical (unpaired) electrons. The third-order valence-electron chi connectivity index (χ3n) is 2.98. The van der Waals surface area contributed by atoms with Crippen LogP contribution in [0.25, 0.3) is 10.2 Å². The monoisotopic (exact) mass is 347 g/mol. The molecule has 1 heterocycles. The van der Waals surface area contributed by atoms with E-state index in [1.54, 1.807) is 24.3 Å². The van der Waals surface area contributed by atoms with Crippen LogP contribution in [-0.2, 0) is 0 Å². The highest BCUT2D eigenvalue weighted by Crippen LogP contribution is 2.32. The summed E-state index contributed by atoms with van der Waals surface area (Å²) in [7, 11) is 0. The molecular weight excluding hydrogens is 334 g/mol. The van der Waals surface area contributed by atoms with Crippen molar-refractivity contribution < 1.29 is 9.53 Å². The maximum atomic E-state index is 12.1. The third kappa shape index (κ3) is 3.72. The number of nitrogens with zero attached hydrogens (tertiary/aromatic N) is 1. The van der Waals surface area contributed by atoms with Gasteiger partial charge in [0, 0.05) is 10.7 Å². The Morgan fingerprint density at radius 2 is 2.09 bits per heavy atom. The highest BCUT2D eigenvalue weighted by atomic mass is 35.5. The quantitative estimate of drug-likeness (QED) is 0.698. The van der Waals surface area contributed by atoms with Crippen LogP contribution in [0.5, 0.6) is 5.75 Å². The Balaban J connectivity index is 1.76. The number of hydrogen-bond acceptors (Lipinski definition) is 4. The molecule has 3 rings (SSSR count). The van der Waals surface area contributed by atoms with Gasteiger partial charge in [-0.15, -0.1) is 0 Å². The zero-order valence-electron chi connectivity index (χ0n) is 12.3. The summed E-state index contributed by atoms with van der Waals surface area (Å²) in [6, 6.07) is 12.3. The molecule has 0 atom stereocenters. The zero-order valence-corrected chi connectivity index (χ0v) is 13.9. The SMILES string of the molecule is CCOc1cccc2sc(NC(=O)Nc3cccc(Cl)c3)nc12. The van der Waals surface area contributed by atoms with E-state index in [0.717, 1.165) is 10.2 Å². The van der Waals surface area contributed by atoms with Gasteiger partial charge in [-0.3, -0.25) is 5.32 Å². The molecule has 2 amide bonds. The lowest BCUT2D eigenvalue weighted by Crippen LogP contribution is -2.19. The maximum Gasteiger partial charge on any atom is 0.325 e. The van der Waals surface area contributed by atoms with Crippen molar-refractivity contribution in [1.82, 2.24) is 4.98 Å². The van der Waals surface area contributed by atoms with Gasteiger partial charge < -0.3 is 10.1 Å². The summed E-state index contributed by atoms with van der Waals surface area (Å²) in [5.74, 6) is 0.713. The van der Waals surface area contributed by atoms with Gasteiger partial charge in [0.1, 0.15) is 11.3 Å². The number of benzene rings is 2. The predicted octanol–water partition coefficient (Wildman–Crippen LogP) is 4.99. The average molecular weight is 348 g/mol. The average Bonchev–Trinajstić information content (AvgIpc) is 2.90. The Bertz CT molecular complexity index is 850. The van der Waals surface area contributed by atoms with E-state index in [1.807, 2.05) is 25.1 Å². The number of carbonyl (C=O) groups is 1. The number of anilines is 2. The van der Waals surface area contributed by atoms with Gasteiger partial charge in [-0.25, -0.2) is 9.78 Å². The number of amides is 2. The van der Waals surface area contributed by atoms with E-state index in [0.29, 0.717) is 28.2 Å². The van der Waals surface area contributed by atoms with E-state index < -0.39 is 0 Å². The van der Waals surface area contributed by atoms with Crippen LogP contribution in [0.15, 0.2) is 42.5 Å². The Morgan fingerprint density at radius 3 is 2.87 bits per heavy atom. The lowest BCUT2D eigenvalue weighted by molar-refractivity contribution is 0.262. The summed E-state index contributed by atoms with van der Waals surface area (Å²) in [5, 5.41) is 6.51. The van der Waals surface area contributed by atoms with E-state index in [9.17, 15) is 4.79 Å². The molecule has 0 unspecified atom stereocenters. The fourth-order valence-electron chi connectivity index (χ4n) is 2.07. The highest BCUT2D eigenvalue weighted by Gasteiger charge is 2.11. The van der Waals surface area contributed by atoms with Crippen molar-refractivity contribution in [2.24, 2.45) is 0 Å². The Hall–Kier alpha value is -2.31. The molecule has 1 aromatic heterocycles. The first-order chi connectivity index (χ1) is 11.2. The number of thiazole rings is 1. The molecule has 0 bridgehead atoms. The molecule has 2 N–H and O–H groups in total. The van der Waals surface area contributed by atoms with Crippen molar-refractivity contribution in [3.8, 4) is 5.75 Å². The van der Waals surface area contributed by atoms with E-state index in [-0.39, 0.29) is 6.03 Å². The van der Waals surface area contributed by atoms with E-state index in [1.165, 1.54) is 11.3 Å². The molecule has 0 aliphatic heterocycles. The predicted molar refractivity (Wildman–Crippen MR) is 94.9 cm³/mol. The Morgan fingerprint density at radius 1 is 1.26 bits per heavy atom. The summed E-state index contributed by atoms with van der Waals surface area (Å²) in [6.07, 6.45) is 0. The van der Waals surface area contributed by atoms with Gasteiger partial charge in [0.05, 0.1) is 11.3 Å². The topological polar surface area (TPSA) is 63.2 Å². The van der Waals surface area contributed by atoms with Crippen LogP contribution in [0, 0.1) is 0 Å². The molecule has 0 spiro atoms. The zero-order chi connectivity index (χ0) is 16.2. The van der Waals surface area contributed by atoms with Crippen LogP contribution in [0.1, 0.15) is 6.92 Å². The highest BCUT2D eigenvalue weighted by molar-refractivity contribution is 7.22. The van der Waals surface area contributed by atoms with Gasteiger partial charge in [0.2, 0.25) is 0 Å². The minimum Gasteiger partial charge on any atom is -0.492 e. The normalized spacial score (nSPS) is 10.5. The summed E-state index contributed by atoms with van der Waals surface area (Å²) in [5.41, 5.74) is 1.36. The summed E-state index contributed by atoms with van der Waals surface area (Å²) >= 11 is 7.28. The summed E-state index contributed by atoms with van der Waals surface area (Å²) < 4.78 is 6.50. The molecule has 118 valence electrons. The minimum atomic E-state index is -0.371. The number of rotatable bonds is 4. The fourth-order valence-corrected chi connectivity index (χ4v) is 3.14. The number of ether oxygens (including phenoxy) is 1. The first kappa shape index (κ1) is 15.6. The number of fused-ring (bicyclic) bond motifs is 1. The van der Waals surface area contributed by atoms with Crippen molar-refractivity contribution in [3.05, 3.63) is 47.5 Å². The molecule has 0 aliphatic rings. The largest absolute Gasteiger partial charge is 0.492 e. The number of urea groups is 1. The molecule has 2 aromatic carbocycles. The van der Waals surface area contributed by atoms with Crippen LogP contribution < -0.4 is 15.4 Å². The molecule has 0 fully saturated rings. The number of halogens is 1. The van der Waals surface area contributed by atoms with Gasteiger partial charge in [-0.1, -0.05) is 35.1 Å². The first-order valence-electron chi connectivity index (χ1n) is 7.01. The number of aromatic nitrogens is 1. The molecule has 0 saturated heterocycles. The van der Waals surface area contributed by atoms with Crippen molar-refractivity contribution in [1.29, 1.82) is 0 Å². The molecular formula is C16H14ClN3O2S.